The molecule has 0 amide bonds. The number of carboxylic acid groups (broad SMARTS) is 1. The van der Waals surface area contributed by atoms with Gasteiger partial charge in [-0.3, -0.25) is 23.4 Å². The molecule has 0 aliphatic heterocycles. The lowest BCUT2D eigenvalue weighted by Crippen LogP contribution is -2.34. The van der Waals surface area contributed by atoms with Crippen LogP contribution in [0.1, 0.15) is 194 Å². The Labute approximate surface area is 352 Å². The zero-order valence-electron chi connectivity index (χ0n) is 36.4. The molecule has 0 saturated carbocycles. The summed E-state index contributed by atoms with van der Waals surface area (Å²) in [7, 11) is -4.72. The first-order valence-electron chi connectivity index (χ1n) is 22.7. The maximum atomic E-state index is 12.6. The maximum Gasteiger partial charge on any atom is 0.472 e. The van der Waals surface area contributed by atoms with Gasteiger partial charge in [0.1, 0.15) is 12.6 Å². The Kier molecular flexibility index (Phi) is 39.4. The highest BCUT2D eigenvalue weighted by molar-refractivity contribution is 7.47. The number of phosphoric acid groups is 1. The zero-order valence-corrected chi connectivity index (χ0v) is 37.3. The van der Waals surface area contributed by atoms with Crippen molar-refractivity contribution < 1.29 is 47.5 Å². The molecule has 0 bridgehead atoms. The summed E-state index contributed by atoms with van der Waals surface area (Å²) >= 11 is 0. The average Bonchev–Trinajstić information content (AvgIpc) is 3.20. The van der Waals surface area contributed by atoms with Crippen LogP contribution in [0.25, 0.3) is 0 Å². The second kappa shape index (κ2) is 41.2. The number of aliphatic carboxylic acids is 1. The summed E-state index contributed by atoms with van der Waals surface area (Å²) in [6.45, 7) is 2.66. The molecular formula is C46H82NO10P. The van der Waals surface area contributed by atoms with E-state index < -0.39 is 51.1 Å². The van der Waals surface area contributed by atoms with Crippen molar-refractivity contribution in [1.82, 2.24) is 0 Å². The summed E-state index contributed by atoms with van der Waals surface area (Å²) < 4.78 is 32.7. The van der Waals surface area contributed by atoms with Crippen LogP contribution < -0.4 is 5.73 Å². The van der Waals surface area contributed by atoms with Crippen LogP contribution >= 0.6 is 7.82 Å². The van der Waals surface area contributed by atoms with Gasteiger partial charge in [0.05, 0.1) is 13.2 Å². The first-order valence-corrected chi connectivity index (χ1v) is 24.2. The van der Waals surface area contributed by atoms with E-state index in [4.69, 9.17) is 24.8 Å². The van der Waals surface area contributed by atoms with E-state index in [2.05, 4.69) is 30.5 Å². The maximum absolute atomic E-state index is 12.6. The number of unbranched alkanes of at least 4 members (excludes halogenated alkanes) is 23. The van der Waals surface area contributed by atoms with Gasteiger partial charge in [0.15, 0.2) is 6.10 Å². The van der Waals surface area contributed by atoms with E-state index in [9.17, 15) is 23.8 Å². The van der Waals surface area contributed by atoms with Gasteiger partial charge in [-0.2, -0.15) is 0 Å². The minimum Gasteiger partial charge on any atom is -0.480 e. The van der Waals surface area contributed by atoms with Gasteiger partial charge in [0, 0.05) is 12.8 Å². The number of hydrogen-bond donors (Lipinski definition) is 3. The third kappa shape index (κ3) is 40.2. The van der Waals surface area contributed by atoms with Gasteiger partial charge in [-0.25, -0.2) is 4.57 Å². The van der Waals surface area contributed by atoms with Crippen LogP contribution in [0.3, 0.4) is 0 Å². The normalized spacial score (nSPS) is 14.1. The molecule has 3 atom stereocenters. The van der Waals surface area contributed by atoms with Crippen molar-refractivity contribution in [3.05, 3.63) is 48.6 Å². The van der Waals surface area contributed by atoms with E-state index in [1.807, 2.05) is 36.5 Å². The molecule has 0 fully saturated rings. The number of esters is 2. The average molecular weight is 840 g/mol. The molecule has 0 aliphatic carbocycles. The fourth-order valence-electron chi connectivity index (χ4n) is 6.14. The Bertz CT molecular complexity index is 1170. The lowest BCUT2D eigenvalue weighted by atomic mass is 10.0. The van der Waals surface area contributed by atoms with Crippen molar-refractivity contribution in [3.8, 4) is 0 Å². The van der Waals surface area contributed by atoms with Gasteiger partial charge in [0.2, 0.25) is 0 Å². The van der Waals surface area contributed by atoms with Crippen molar-refractivity contribution in [2.24, 2.45) is 5.73 Å². The molecule has 336 valence electrons. The Morgan fingerprint density at radius 3 is 1.45 bits per heavy atom. The monoisotopic (exact) mass is 840 g/mol. The molecule has 58 heavy (non-hydrogen) atoms. The van der Waals surface area contributed by atoms with Gasteiger partial charge in [-0.05, 0) is 32.1 Å². The van der Waals surface area contributed by atoms with Crippen LogP contribution in [0.5, 0.6) is 0 Å². The van der Waals surface area contributed by atoms with Gasteiger partial charge in [-0.1, -0.05) is 197 Å². The number of phosphoric ester groups is 1. The highest BCUT2D eigenvalue weighted by atomic mass is 31.2. The first kappa shape index (κ1) is 55.4. The van der Waals surface area contributed by atoms with Crippen molar-refractivity contribution in [3.63, 3.8) is 0 Å². The fourth-order valence-corrected chi connectivity index (χ4v) is 6.91. The van der Waals surface area contributed by atoms with Gasteiger partial charge in [0.25, 0.3) is 0 Å². The molecule has 0 saturated heterocycles. The van der Waals surface area contributed by atoms with E-state index in [0.717, 1.165) is 57.8 Å². The number of carbonyl (C=O) groups excluding carboxylic acids is 2. The Hall–Kier alpha value is -2.56. The van der Waals surface area contributed by atoms with Crippen LogP contribution in [-0.4, -0.2) is 59.9 Å². The number of carboxylic acids is 1. The van der Waals surface area contributed by atoms with E-state index in [0.29, 0.717) is 12.8 Å². The van der Waals surface area contributed by atoms with E-state index in [1.165, 1.54) is 96.3 Å². The SMILES string of the molecule is CC/C=C/C=C/C=C/C=C/CCCCCCCC(=O)OC[C@H](COP(=O)(O)OC[C@H](N)C(=O)O)OC(=O)CCCCCCCCCCCCCCCCCCCCC. The molecule has 0 radical (unpaired) electrons. The molecule has 4 N–H and O–H groups in total. The molecule has 1 unspecified atom stereocenters. The summed E-state index contributed by atoms with van der Waals surface area (Å²) in [5.41, 5.74) is 5.34. The number of hydrogen-bond acceptors (Lipinski definition) is 9. The summed E-state index contributed by atoms with van der Waals surface area (Å²) in [5, 5.41) is 8.89. The van der Waals surface area contributed by atoms with Gasteiger partial charge in [-0.15, -0.1) is 0 Å². The number of carbonyl (C=O) groups is 3. The fraction of sp³-hybridized carbons (Fsp3) is 0.761. The molecule has 11 nitrogen and oxygen atoms in total. The highest BCUT2D eigenvalue weighted by Crippen LogP contribution is 2.43. The Balaban J connectivity index is 4.33. The molecule has 0 aliphatic rings. The molecule has 0 heterocycles. The molecule has 0 aromatic heterocycles. The Morgan fingerprint density at radius 2 is 0.966 bits per heavy atom. The smallest absolute Gasteiger partial charge is 0.472 e. The summed E-state index contributed by atoms with van der Waals surface area (Å²) in [5.74, 6) is -2.40. The lowest BCUT2D eigenvalue weighted by molar-refractivity contribution is -0.161. The van der Waals surface area contributed by atoms with Crippen LogP contribution in [0.15, 0.2) is 48.6 Å². The predicted molar refractivity (Wildman–Crippen MR) is 235 cm³/mol. The van der Waals surface area contributed by atoms with E-state index >= 15 is 0 Å². The van der Waals surface area contributed by atoms with Crippen molar-refractivity contribution in [2.45, 2.75) is 206 Å². The van der Waals surface area contributed by atoms with E-state index in [1.54, 1.807) is 0 Å². The molecule has 0 aromatic carbocycles. The molecule has 0 rings (SSSR count). The van der Waals surface area contributed by atoms with Crippen LogP contribution in [0.2, 0.25) is 0 Å². The highest BCUT2D eigenvalue weighted by Gasteiger charge is 2.28. The largest absolute Gasteiger partial charge is 0.480 e. The van der Waals surface area contributed by atoms with Crippen molar-refractivity contribution in [2.75, 3.05) is 19.8 Å². The topological polar surface area (TPSA) is 172 Å². The van der Waals surface area contributed by atoms with Crippen molar-refractivity contribution >= 4 is 25.7 Å². The Morgan fingerprint density at radius 1 is 0.552 bits per heavy atom. The number of nitrogens with two attached hydrogens (primary N) is 1. The second-order valence-electron chi connectivity index (χ2n) is 15.3. The minimum absolute atomic E-state index is 0.158. The van der Waals surface area contributed by atoms with E-state index in [-0.39, 0.29) is 19.4 Å². The summed E-state index contributed by atoms with van der Waals surface area (Å²) in [6, 6.07) is -1.53. The second-order valence-corrected chi connectivity index (χ2v) is 16.7. The van der Waals surface area contributed by atoms with Crippen LogP contribution in [0, 0.1) is 0 Å². The third-order valence-corrected chi connectivity index (χ3v) is 10.6. The number of rotatable bonds is 42. The predicted octanol–water partition coefficient (Wildman–Crippen LogP) is 12.2. The standard InChI is InChI=1S/C46H82NO10P/c1-3-5-7-9-11-13-15-17-19-20-21-22-24-26-28-30-32-34-36-38-45(49)57-42(40-55-58(52,53)56-41-43(47)46(50)51)39-54-44(48)37-35-33-31-29-27-25-23-18-16-14-12-10-8-6-4-2/h6,8,10,12,14,16,18,23,42-43H,3-5,7,9,11,13,15,17,19-22,24-41,47H2,1-2H3,(H,50,51)(H,52,53)/b8-6+,12-10+,16-14+,23-18+/t42-,43+/m1/s1. The van der Waals surface area contributed by atoms with Crippen molar-refractivity contribution in [1.29, 1.82) is 0 Å². The molecule has 12 heteroatoms. The molecule has 0 aromatic rings. The third-order valence-electron chi connectivity index (χ3n) is 9.69. The summed E-state index contributed by atoms with van der Waals surface area (Å²) in [4.78, 5) is 46.0. The molecular weight excluding hydrogens is 757 g/mol. The first-order chi connectivity index (χ1) is 28.1. The molecule has 0 spiro atoms. The van der Waals surface area contributed by atoms with Gasteiger partial charge >= 0.3 is 25.7 Å². The number of allylic oxidation sites excluding steroid dienone is 8. The quantitative estimate of drug-likeness (QED) is 0.0231. The van der Waals surface area contributed by atoms with Crippen LogP contribution in [0.4, 0.5) is 0 Å². The van der Waals surface area contributed by atoms with Crippen LogP contribution in [-0.2, 0) is 37.5 Å². The minimum atomic E-state index is -4.72. The lowest BCUT2D eigenvalue weighted by Gasteiger charge is -2.20. The zero-order chi connectivity index (χ0) is 42.8. The number of ether oxygens (including phenoxy) is 2. The summed E-state index contributed by atoms with van der Waals surface area (Å²) in [6.07, 6.45) is 46.0. The van der Waals surface area contributed by atoms with Gasteiger partial charge < -0.3 is 25.2 Å².